The maximum Gasteiger partial charge on any atom is 0.356 e. The molecule has 176 valence electrons. The van der Waals surface area contributed by atoms with E-state index in [0.29, 0.717) is 5.69 Å². The zero-order valence-corrected chi connectivity index (χ0v) is 17.5. The van der Waals surface area contributed by atoms with Gasteiger partial charge in [0.15, 0.2) is 0 Å². The largest absolute Gasteiger partial charge is 0.508 e. The number of nitrogens with two attached hydrogens (primary N) is 2. The molecule has 0 aromatic heterocycles. The Balaban J connectivity index is 0.000000484. The van der Waals surface area contributed by atoms with Crippen LogP contribution in [0.25, 0.3) is 0 Å². The molecule has 0 amide bonds. The standard InChI is InChI=1S/2C9H11NO3.C3H7NO2/c1-9(13,8(11)12)10-7-5-3-2-4-6-7;10-8(9(12)13)5-6-1-3-7(11)4-2-6;4-2-1-3(5)6/h2-6,10,13H,1H3,(H,11,12);1-4,8,11H,5,10H2,(H,12,13);1-2,4H2,(H,5,6). The van der Waals surface area contributed by atoms with Gasteiger partial charge >= 0.3 is 17.9 Å². The van der Waals surface area contributed by atoms with Crippen LogP contribution in [0.15, 0.2) is 54.6 Å². The van der Waals surface area contributed by atoms with Crippen LogP contribution in [0.5, 0.6) is 5.75 Å². The molecular weight excluding hydrogens is 422 g/mol. The number of nitrogens with one attached hydrogen (secondary N) is 1. The van der Waals surface area contributed by atoms with Crippen molar-refractivity contribution in [2.75, 3.05) is 11.9 Å². The highest BCUT2D eigenvalue weighted by Gasteiger charge is 2.29. The topological polar surface area (TPSA) is 216 Å². The maximum absolute atomic E-state index is 10.5. The molecule has 32 heavy (non-hydrogen) atoms. The van der Waals surface area contributed by atoms with Crippen LogP contribution in [-0.2, 0) is 20.8 Å². The second-order valence-electron chi connectivity index (χ2n) is 6.62. The molecule has 11 heteroatoms. The van der Waals surface area contributed by atoms with Crippen molar-refractivity contribution in [3.05, 3.63) is 60.2 Å². The second kappa shape index (κ2) is 14.4. The molecule has 0 saturated carbocycles. The van der Waals surface area contributed by atoms with Crippen molar-refractivity contribution in [3.63, 3.8) is 0 Å². The smallest absolute Gasteiger partial charge is 0.356 e. The van der Waals surface area contributed by atoms with Gasteiger partial charge in [-0.25, -0.2) is 4.79 Å². The van der Waals surface area contributed by atoms with Crippen molar-refractivity contribution in [3.8, 4) is 5.75 Å². The van der Waals surface area contributed by atoms with E-state index >= 15 is 0 Å². The molecule has 0 fully saturated rings. The third-order valence-corrected chi connectivity index (χ3v) is 3.65. The molecule has 0 heterocycles. The third-order valence-electron chi connectivity index (χ3n) is 3.65. The van der Waals surface area contributed by atoms with E-state index in [-0.39, 0.29) is 25.1 Å². The predicted molar refractivity (Wildman–Crippen MR) is 117 cm³/mol. The molecule has 0 bridgehead atoms. The van der Waals surface area contributed by atoms with Gasteiger partial charge in [-0.1, -0.05) is 30.3 Å². The number of rotatable bonds is 8. The highest BCUT2D eigenvalue weighted by Crippen LogP contribution is 2.12. The number of phenols is 1. The first-order valence-corrected chi connectivity index (χ1v) is 9.36. The predicted octanol–water partition coefficient (Wildman–Crippen LogP) is 0.658. The maximum atomic E-state index is 10.5. The number of anilines is 1. The van der Waals surface area contributed by atoms with Crippen molar-refractivity contribution in [2.24, 2.45) is 11.5 Å². The van der Waals surface area contributed by atoms with Gasteiger partial charge < -0.3 is 42.3 Å². The summed E-state index contributed by atoms with van der Waals surface area (Å²) in [4.78, 5) is 30.4. The van der Waals surface area contributed by atoms with Crippen LogP contribution >= 0.6 is 0 Å². The molecule has 10 N–H and O–H groups in total. The highest BCUT2D eigenvalue weighted by atomic mass is 16.4. The monoisotopic (exact) mass is 451 g/mol. The van der Waals surface area contributed by atoms with E-state index in [4.69, 9.17) is 31.9 Å². The van der Waals surface area contributed by atoms with E-state index in [9.17, 15) is 19.5 Å². The molecule has 0 aliphatic carbocycles. The molecule has 0 aliphatic heterocycles. The molecule has 11 nitrogen and oxygen atoms in total. The molecule has 2 atom stereocenters. The van der Waals surface area contributed by atoms with E-state index in [1.807, 2.05) is 0 Å². The third kappa shape index (κ3) is 12.8. The lowest BCUT2D eigenvalue weighted by Gasteiger charge is -2.20. The summed E-state index contributed by atoms with van der Waals surface area (Å²) < 4.78 is 0. The number of hydrogen-bond donors (Lipinski definition) is 8. The molecule has 0 spiro atoms. The summed E-state index contributed by atoms with van der Waals surface area (Å²) in [7, 11) is 0. The number of aliphatic carboxylic acids is 3. The van der Waals surface area contributed by atoms with Gasteiger partial charge in [0.2, 0.25) is 5.72 Å². The van der Waals surface area contributed by atoms with E-state index < -0.39 is 29.7 Å². The summed E-state index contributed by atoms with van der Waals surface area (Å²) in [6.45, 7) is 1.41. The first kappa shape index (κ1) is 28.3. The van der Waals surface area contributed by atoms with Gasteiger partial charge in [-0.15, -0.1) is 0 Å². The average molecular weight is 451 g/mol. The minimum atomic E-state index is -1.93. The Hall–Kier alpha value is -3.67. The SMILES string of the molecule is CC(O)(Nc1ccccc1)C(=O)O.NC(Cc1ccc(O)cc1)C(=O)O.NCCC(=O)O. The number of benzene rings is 2. The van der Waals surface area contributed by atoms with Crippen LogP contribution in [0.2, 0.25) is 0 Å². The number of para-hydroxylation sites is 1. The van der Waals surface area contributed by atoms with Gasteiger partial charge in [0, 0.05) is 12.2 Å². The molecule has 2 aromatic rings. The quantitative estimate of drug-likeness (QED) is 0.261. The zero-order valence-electron chi connectivity index (χ0n) is 17.5. The first-order valence-electron chi connectivity index (χ1n) is 9.36. The first-order chi connectivity index (χ1) is 14.9. The Morgan fingerprint density at radius 2 is 1.53 bits per heavy atom. The Kier molecular flexibility index (Phi) is 12.7. The summed E-state index contributed by atoms with van der Waals surface area (Å²) in [5.74, 6) is -3.01. The normalized spacial score (nSPS) is 12.5. The molecule has 2 unspecified atom stereocenters. The number of aliphatic hydroxyl groups is 1. The Labute approximate surface area is 184 Å². The summed E-state index contributed by atoms with van der Waals surface area (Å²) in [6, 6.07) is 14.1. The number of carboxylic acids is 3. The number of phenolic OH excluding ortho intramolecular Hbond substituents is 1. The van der Waals surface area contributed by atoms with Gasteiger partial charge in [-0.3, -0.25) is 9.59 Å². The average Bonchev–Trinajstić information content (AvgIpc) is 2.71. The van der Waals surface area contributed by atoms with Crippen LogP contribution in [0.4, 0.5) is 5.69 Å². The van der Waals surface area contributed by atoms with E-state index in [1.54, 1.807) is 42.5 Å². The number of hydrogen-bond acceptors (Lipinski definition) is 8. The summed E-state index contributed by atoms with van der Waals surface area (Å²) >= 11 is 0. The van der Waals surface area contributed by atoms with Crippen LogP contribution < -0.4 is 16.8 Å². The van der Waals surface area contributed by atoms with Gasteiger partial charge in [-0.2, -0.15) is 0 Å². The second-order valence-corrected chi connectivity index (χ2v) is 6.62. The fourth-order valence-electron chi connectivity index (χ4n) is 1.95. The lowest BCUT2D eigenvalue weighted by molar-refractivity contribution is -0.153. The molecule has 2 aromatic carbocycles. The summed E-state index contributed by atoms with van der Waals surface area (Å²) in [5.41, 5.74) is 9.61. The fraction of sp³-hybridized carbons (Fsp3) is 0.286. The van der Waals surface area contributed by atoms with Crippen LogP contribution in [0, 0.1) is 0 Å². The van der Waals surface area contributed by atoms with Crippen molar-refractivity contribution in [1.29, 1.82) is 0 Å². The lowest BCUT2D eigenvalue weighted by atomic mass is 10.1. The number of carboxylic acid groups (broad SMARTS) is 3. The van der Waals surface area contributed by atoms with E-state index in [0.717, 1.165) is 5.56 Å². The minimum absolute atomic E-state index is 0.0694. The van der Waals surface area contributed by atoms with Gasteiger partial charge in [-0.05, 0) is 43.2 Å². The van der Waals surface area contributed by atoms with Crippen molar-refractivity contribution < 1.29 is 39.9 Å². The Morgan fingerprint density at radius 3 is 1.91 bits per heavy atom. The molecule has 0 saturated heterocycles. The minimum Gasteiger partial charge on any atom is -0.508 e. The molecule has 0 radical (unpaired) electrons. The number of carbonyl (C=O) groups is 3. The van der Waals surface area contributed by atoms with Crippen molar-refractivity contribution >= 4 is 23.6 Å². The van der Waals surface area contributed by atoms with Crippen molar-refractivity contribution in [1.82, 2.24) is 0 Å². The van der Waals surface area contributed by atoms with Crippen LogP contribution in [0.3, 0.4) is 0 Å². The number of aromatic hydroxyl groups is 1. The molecule has 0 aliphatic rings. The fourth-order valence-corrected chi connectivity index (χ4v) is 1.95. The van der Waals surface area contributed by atoms with Gasteiger partial charge in [0.25, 0.3) is 0 Å². The van der Waals surface area contributed by atoms with Gasteiger partial charge in [0.05, 0.1) is 6.42 Å². The van der Waals surface area contributed by atoms with E-state index in [1.165, 1.54) is 19.1 Å². The summed E-state index contributed by atoms with van der Waals surface area (Å²) in [5, 5.41) is 45.7. The Bertz CT molecular complexity index is 842. The molecular formula is C21H29N3O8. The van der Waals surface area contributed by atoms with Crippen LogP contribution in [-0.4, -0.2) is 61.8 Å². The van der Waals surface area contributed by atoms with Gasteiger partial charge in [0.1, 0.15) is 11.8 Å². The van der Waals surface area contributed by atoms with E-state index in [2.05, 4.69) is 5.32 Å². The van der Waals surface area contributed by atoms with Crippen LogP contribution in [0.1, 0.15) is 18.9 Å². The molecule has 2 rings (SSSR count). The summed E-state index contributed by atoms with van der Waals surface area (Å²) in [6.07, 6.45) is 0.343. The Morgan fingerprint density at radius 1 is 1.00 bits per heavy atom. The van der Waals surface area contributed by atoms with Crippen molar-refractivity contribution in [2.45, 2.75) is 31.5 Å². The highest BCUT2D eigenvalue weighted by molar-refractivity contribution is 5.79. The lowest BCUT2D eigenvalue weighted by Crippen LogP contribution is -2.42. The zero-order chi connectivity index (χ0) is 24.7.